The molecule has 0 amide bonds. The Balaban J connectivity index is 1.55. The molecule has 1 aliphatic rings. The first kappa shape index (κ1) is 15.7. The Morgan fingerprint density at radius 1 is 1.29 bits per heavy atom. The maximum Gasteiger partial charge on any atom is 0.158 e. The van der Waals surface area contributed by atoms with Crippen LogP contribution in [0.3, 0.4) is 0 Å². The molecular weight excluding hydrogens is 338 g/mol. The molecule has 0 atom stereocenters. The maximum absolute atomic E-state index is 4.60. The number of nitrogens with zero attached hydrogens (tertiary/aromatic N) is 4. The summed E-state index contributed by atoms with van der Waals surface area (Å²) in [4.78, 5) is 15.6. The second-order valence-corrected chi connectivity index (χ2v) is 8.98. The number of anilines is 1. The van der Waals surface area contributed by atoms with E-state index in [4.69, 9.17) is 0 Å². The average molecular weight is 358 g/mol. The van der Waals surface area contributed by atoms with Crippen molar-refractivity contribution < 1.29 is 0 Å². The Bertz CT molecular complexity index is 899. The number of hydrogen-bond acceptors (Lipinski definition) is 7. The normalized spacial score (nSPS) is 15.5. The summed E-state index contributed by atoms with van der Waals surface area (Å²) in [5.41, 5.74) is 4.36. The van der Waals surface area contributed by atoms with Crippen LogP contribution in [0.2, 0.25) is 0 Å². The fraction of sp³-hybridized carbons (Fsp3) is 0.412. The van der Waals surface area contributed by atoms with Crippen LogP contribution in [0.15, 0.2) is 22.9 Å². The molecule has 0 radical (unpaired) electrons. The first-order chi connectivity index (χ1) is 11.5. The van der Waals surface area contributed by atoms with Gasteiger partial charge in [-0.1, -0.05) is 20.8 Å². The SMILES string of the molecule is CC(C)(C)c1cc2c(NN=Cc3nc(C4CC4)cs3)ncnc2s1. The minimum Gasteiger partial charge on any atom is -0.261 e. The van der Waals surface area contributed by atoms with Gasteiger partial charge in [0.25, 0.3) is 0 Å². The maximum atomic E-state index is 4.60. The summed E-state index contributed by atoms with van der Waals surface area (Å²) in [6.07, 6.45) is 5.89. The highest BCUT2D eigenvalue weighted by Gasteiger charge is 2.25. The van der Waals surface area contributed by atoms with E-state index < -0.39 is 0 Å². The summed E-state index contributed by atoms with van der Waals surface area (Å²) >= 11 is 3.34. The fourth-order valence-corrected chi connectivity index (χ4v) is 4.20. The number of nitrogens with one attached hydrogen (secondary N) is 1. The third kappa shape index (κ3) is 3.18. The van der Waals surface area contributed by atoms with Crippen LogP contribution in [0.1, 0.15) is 55.1 Å². The largest absolute Gasteiger partial charge is 0.261 e. The van der Waals surface area contributed by atoms with Crippen LogP contribution in [0.5, 0.6) is 0 Å². The zero-order valence-corrected chi connectivity index (χ0v) is 15.5. The molecule has 3 heterocycles. The van der Waals surface area contributed by atoms with Crippen LogP contribution in [0.4, 0.5) is 5.82 Å². The third-order valence-electron chi connectivity index (χ3n) is 3.95. The molecule has 24 heavy (non-hydrogen) atoms. The van der Waals surface area contributed by atoms with Gasteiger partial charge in [-0.05, 0) is 24.3 Å². The molecule has 124 valence electrons. The molecule has 1 N–H and O–H groups in total. The van der Waals surface area contributed by atoms with Gasteiger partial charge in [-0.3, -0.25) is 5.43 Å². The van der Waals surface area contributed by atoms with E-state index in [-0.39, 0.29) is 5.41 Å². The minimum atomic E-state index is 0.103. The van der Waals surface area contributed by atoms with Gasteiger partial charge in [-0.25, -0.2) is 15.0 Å². The molecule has 0 unspecified atom stereocenters. The lowest BCUT2D eigenvalue weighted by Gasteiger charge is -2.14. The number of hydrogen-bond donors (Lipinski definition) is 1. The van der Waals surface area contributed by atoms with Gasteiger partial charge in [0.2, 0.25) is 0 Å². The van der Waals surface area contributed by atoms with Gasteiger partial charge >= 0.3 is 0 Å². The molecular formula is C17H19N5S2. The highest BCUT2D eigenvalue weighted by atomic mass is 32.1. The Hall–Kier alpha value is -1.86. The summed E-state index contributed by atoms with van der Waals surface area (Å²) in [6.45, 7) is 6.61. The predicted molar refractivity (Wildman–Crippen MR) is 101 cm³/mol. The van der Waals surface area contributed by atoms with E-state index >= 15 is 0 Å². The molecule has 3 aromatic heterocycles. The van der Waals surface area contributed by atoms with Crippen molar-refractivity contribution in [3.63, 3.8) is 0 Å². The lowest BCUT2D eigenvalue weighted by Crippen LogP contribution is -2.07. The second kappa shape index (κ2) is 5.89. The van der Waals surface area contributed by atoms with Crippen molar-refractivity contribution >= 4 is 44.9 Å². The Morgan fingerprint density at radius 3 is 2.88 bits per heavy atom. The van der Waals surface area contributed by atoms with Crippen LogP contribution < -0.4 is 5.43 Å². The summed E-state index contributed by atoms with van der Waals surface area (Å²) in [5.74, 6) is 1.42. The molecule has 7 heteroatoms. The molecule has 1 fully saturated rings. The van der Waals surface area contributed by atoms with Crippen molar-refractivity contribution in [2.75, 3.05) is 5.43 Å². The highest BCUT2D eigenvalue weighted by molar-refractivity contribution is 7.18. The van der Waals surface area contributed by atoms with E-state index in [0.29, 0.717) is 5.92 Å². The van der Waals surface area contributed by atoms with E-state index in [0.717, 1.165) is 21.0 Å². The van der Waals surface area contributed by atoms with E-state index in [1.807, 2.05) is 0 Å². The number of aromatic nitrogens is 3. The molecule has 3 aromatic rings. The zero-order valence-electron chi connectivity index (χ0n) is 13.9. The monoisotopic (exact) mass is 357 g/mol. The van der Waals surface area contributed by atoms with E-state index in [2.05, 4.69) is 57.7 Å². The summed E-state index contributed by atoms with van der Waals surface area (Å²) < 4.78 is 0. The van der Waals surface area contributed by atoms with E-state index in [1.54, 1.807) is 35.2 Å². The van der Waals surface area contributed by atoms with Gasteiger partial charge in [0.1, 0.15) is 16.2 Å². The van der Waals surface area contributed by atoms with Gasteiger partial charge in [0.15, 0.2) is 5.82 Å². The molecule has 1 aliphatic carbocycles. The van der Waals surface area contributed by atoms with Crippen molar-refractivity contribution in [3.8, 4) is 0 Å². The van der Waals surface area contributed by atoms with Crippen molar-refractivity contribution in [1.82, 2.24) is 15.0 Å². The molecule has 0 spiro atoms. The van der Waals surface area contributed by atoms with Gasteiger partial charge < -0.3 is 0 Å². The molecule has 4 rings (SSSR count). The standard InChI is InChI=1S/C17H19N5S2/c1-17(2,3)13-6-11-15(18-9-19-16(11)24-13)22-20-7-14-21-12(8-23-14)10-4-5-10/h6-10H,4-5H2,1-3H3,(H,18,19,22). The first-order valence-electron chi connectivity index (χ1n) is 8.00. The average Bonchev–Trinajstić information content (AvgIpc) is 3.09. The Kier molecular flexibility index (Phi) is 3.85. The Morgan fingerprint density at radius 2 is 2.12 bits per heavy atom. The van der Waals surface area contributed by atoms with Crippen molar-refractivity contribution in [3.05, 3.63) is 33.4 Å². The molecule has 0 saturated heterocycles. The summed E-state index contributed by atoms with van der Waals surface area (Å²) in [6, 6.07) is 2.16. The van der Waals surface area contributed by atoms with Crippen molar-refractivity contribution in [2.24, 2.45) is 5.10 Å². The van der Waals surface area contributed by atoms with Gasteiger partial charge in [-0.2, -0.15) is 5.10 Å². The quantitative estimate of drug-likeness (QED) is 0.540. The van der Waals surface area contributed by atoms with Crippen LogP contribution >= 0.6 is 22.7 Å². The third-order valence-corrected chi connectivity index (χ3v) is 6.22. The van der Waals surface area contributed by atoms with Gasteiger partial charge in [-0.15, -0.1) is 22.7 Å². The van der Waals surface area contributed by atoms with Gasteiger partial charge in [0, 0.05) is 16.2 Å². The number of rotatable bonds is 4. The number of thiazole rings is 1. The van der Waals surface area contributed by atoms with Crippen LogP contribution in [0.25, 0.3) is 10.2 Å². The molecule has 5 nitrogen and oxygen atoms in total. The van der Waals surface area contributed by atoms with Crippen LogP contribution in [-0.2, 0) is 5.41 Å². The van der Waals surface area contributed by atoms with Crippen molar-refractivity contribution in [2.45, 2.75) is 44.9 Å². The number of thiophene rings is 1. The van der Waals surface area contributed by atoms with E-state index in [9.17, 15) is 0 Å². The molecule has 0 aliphatic heterocycles. The topological polar surface area (TPSA) is 63.1 Å². The first-order valence-corrected chi connectivity index (χ1v) is 9.70. The molecule has 1 saturated carbocycles. The van der Waals surface area contributed by atoms with Crippen LogP contribution in [-0.4, -0.2) is 21.2 Å². The summed E-state index contributed by atoms with van der Waals surface area (Å²) in [7, 11) is 0. The molecule has 0 aromatic carbocycles. The smallest absolute Gasteiger partial charge is 0.158 e. The lowest BCUT2D eigenvalue weighted by molar-refractivity contribution is 0.604. The van der Waals surface area contributed by atoms with Crippen LogP contribution in [0, 0.1) is 0 Å². The molecule has 0 bridgehead atoms. The van der Waals surface area contributed by atoms with Crippen molar-refractivity contribution in [1.29, 1.82) is 0 Å². The fourth-order valence-electron chi connectivity index (χ4n) is 2.39. The lowest BCUT2D eigenvalue weighted by atomic mass is 9.94. The number of fused-ring (bicyclic) bond motifs is 1. The highest BCUT2D eigenvalue weighted by Crippen LogP contribution is 2.40. The minimum absolute atomic E-state index is 0.103. The summed E-state index contributed by atoms with van der Waals surface area (Å²) in [5, 5.41) is 8.39. The zero-order chi connectivity index (χ0) is 16.7. The predicted octanol–water partition coefficient (Wildman–Crippen LogP) is 4.77. The Labute approximate surface area is 148 Å². The second-order valence-electron chi connectivity index (χ2n) is 7.06. The van der Waals surface area contributed by atoms with E-state index in [1.165, 1.54) is 23.4 Å². The number of hydrazone groups is 1. The van der Waals surface area contributed by atoms with Gasteiger partial charge in [0.05, 0.1) is 17.3 Å².